The maximum atomic E-state index is 3.44. The van der Waals surface area contributed by atoms with Crippen molar-refractivity contribution in [3.63, 3.8) is 0 Å². The Morgan fingerprint density at radius 3 is 2.25 bits per heavy atom. The van der Waals surface area contributed by atoms with Crippen molar-refractivity contribution in [2.75, 3.05) is 38.2 Å². The van der Waals surface area contributed by atoms with Crippen LogP contribution in [0.25, 0.3) is 0 Å². The fourth-order valence-corrected chi connectivity index (χ4v) is 3.42. The van der Waals surface area contributed by atoms with E-state index in [2.05, 4.69) is 62.3 Å². The van der Waals surface area contributed by atoms with E-state index in [9.17, 15) is 0 Å². The zero-order chi connectivity index (χ0) is 14.8. The fourth-order valence-electron chi connectivity index (χ4n) is 2.27. The van der Waals surface area contributed by atoms with Gasteiger partial charge in [0.1, 0.15) is 0 Å². The summed E-state index contributed by atoms with van der Waals surface area (Å²) in [6.45, 7) is 10.2. The van der Waals surface area contributed by atoms with Gasteiger partial charge in [-0.25, -0.2) is 0 Å². The summed E-state index contributed by atoms with van der Waals surface area (Å²) >= 11 is 2.05. The molecule has 0 spiro atoms. The average Bonchev–Trinajstić information content (AvgIpc) is 2.51. The Morgan fingerprint density at radius 2 is 1.75 bits per heavy atom. The van der Waals surface area contributed by atoms with Crippen molar-refractivity contribution in [3.05, 3.63) is 35.4 Å². The molecule has 0 fully saturated rings. The Labute approximate surface area is 129 Å². The minimum Gasteiger partial charge on any atom is -0.312 e. The molecule has 2 nitrogen and oxygen atoms in total. The Hall–Kier alpha value is -0.510. The van der Waals surface area contributed by atoms with Gasteiger partial charge in [0.05, 0.1) is 0 Å². The van der Waals surface area contributed by atoms with Gasteiger partial charge in [0, 0.05) is 24.1 Å². The van der Waals surface area contributed by atoms with Gasteiger partial charge in [-0.15, -0.1) is 0 Å². The van der Waals surface area contributed by atoms with Crippen molar-refractivity contribution < 1.29 is 0 Å². The first-order chi connectivity index (χ1) is 9.74. The summed E-state index contributed by atoms with van der Waals surface area (Å²) in [6, 6.07) is 9.50. The molecule has 1 N–H and O–H groups in total. The summed E-state index contributed by atoms with van der Waals surface area (Å²) in [5.74, 6) is 2.36. The first-order valence-electron chi connectivity index (χ1n) is 7.81. The highest BCUT2D eigenvalue weighted by Crippen LogP contribution is 2.19. The highest BCUT2D eigenvalue weighted by molar-refractivity contribution is 7.99. The SMILES string of the molecule is CCc1ccc(C(CSCCN(CC)CC)NC)cc1. The predicted molar refractivity (Wildman–Crippen MR) is 92.7 cm³/mol. The maximum absolute atomic E-state index is 3.44. The van der Waals surface area contributed by atoms with E-state index in [1.54, 1.807) is 0 Å². The summed E-state index contributed by atoms with van der Waals surface area (Å²) in [5.41, 5.74) is 2.82. The van der Waals surface area contributed by atoms with Gasteiger partial charge in [0.25, 0.3) is 0 Å². The highest BCUT2D eigenvalue weighted by Gasteiger charge is 2.09. The van der Waals surface area contributed by atoms with E-state index in [0.29, 0.717) is 6.04 Å². The molecule has 3 heteroatoms. The van der Waals surface area contributed by atoms with Crippen molar-refractivity contribution in [3.8, 4) is 0 Å². The zero-order valence-electron chi connectivity index (χ0n) is 13.5. The minimum atomic E-state index is 0.461. The van der Waals surface area contributed by atoms with Crippen molar-refractivity contribution in [2.45, 2.75) is 33.2 Å². The third-order valence-electron chi connectivity index (χ3n) is 3.87. The van der Waals surface area contributed by atoms with Crippen LogP contribution >= 0.6 is 11.8 Å². The van der Waals surface area contributed by atoms with Crippen LogP contribution in [0.15, 0.2) is 24.3 Å². The maximum Gasteiger partial charge on any atom is 0.0409 e. The smallest absolute Gasteiger partial charge is 0.0409 e. The Kier molecular flexibility index (Phi) is 8.99. The van der Waals surface area contributed by atoms with Crippen LogP contribution in [0, 0.1) is 0 Å². The second kappa shape index (κ2) is 10.3. The summed E-state index contributed by atoms with van der Waals surface area (Å²) < 4.78 is 0. The standard InChI is InChI=1S/C17H30N2S/c1-5-15-8-10-16(11-9-15)17(18-4)14-20-13-12-19(6-2)7-3/h8-11,17-18H,5-7,12-14H2,1-4H3. The lowest BCUT2D eigenvalue weighted by molar-refractivity contribution is 0.324. The van der Waals surface area contributed by atoms with E-state index in [4.69, 9.17) is 0 Å². The summed E-state index contributed by atoms with van der Waals surface area (Å²) in [7, 11) is 2.06. The van der Waals surface area contributed by atoms with E-state index in [-0.39, 0.29) is 0 Å². The Bertz CT molecular complexity index is 347. The van der Waals surface area contributed by atoms with E-state index < -0.39 is 0 Å². The number of nitrogens with zero attached hydrogens (tertiary/aromatic N) is 1. The normalized spacial score (nSPS) is 12.8. The third kappa shape index (κ3) is 5.86. The van der Waals surface area contributed by atoms with Gasteiger partial charge in [0.15, 0.2) is 0 Å². The molecule has 0 amide bonds. The molecule has 0 aliphatic carbocycles. The first kappa shape index (κ1) is 17.5. The molecule has 1 unspecified atom stereocenters. The number of thioether (sulfide) groups is 1. The fraction of sp³-hybridized carbons (Fsp3) is 0.647. The second-order valence-electron chi connectivity index (χ2n) is 5.04. The molecule has 0 aliphatic rings. The van der Waals surface area contributed by atoms with Crippen LogP contribution in [0.1, 0.15) is 37.9 Å². The summed E-state index contributed by atoms with van der Waals surface area (Å²) in [5, 5.41) is 3.44. The van der Waals surface area contributed by atoms with Crippen LogP contribution < -0.4 is 5.32 Å². The molecule has 0 aromatic heterocycles. The number of hydrogen-bond donors (Lipinski definition) is 1. The van der Waals surface area contributed by atoms with Gasteiger partial charge in [-0.2, -0.15) is 11.8 Å². The van der Waals surface area contributed by atoms with E-state index >= 15 is 0 Å². The van der Waals surface area contributed by atoms with Gasteiger partial charge in [-0.3, -0.25) is 0 Å². The number of hydrogen-bond acceptors (Lipinski definition) is 3. The molecular weight excluding hydrogens is 264 g/mol. The molecule has 0 bridgehead atoms. The van der Waals surface area contributed by atoms with Crippen molar-refractivity contribution in [1.82, 2.24) is 10.2 Å². The van der Waals surface area contributed by atoms with Crippen LogP contribution in [-0.2, 0) is 6.42 Å². The van der Waals surface area contributed by atoms with Crippen molar-refractivity contribution >= 4 is 11.8 Å². The molecule has 1 atom stereocenters. The lowest BCUT2D eigenvalue weighted by Gasteiger charge is -2.20. The first-order valence-corrected chi connectivity index (χ1v) is 8.96. The number of rotatable bonds is 10. The van der Waals surface area contributed by atoms with Gasteiger partial charge in [-0.05, 0) is 37.7 Å². The monoisotopic (exact) mass is 294 g/mol. The van der Waals surface area contributed by atoms with Gasteiger partial charge >= 0.3 is 0 Å². The lowest BCUT2D eigenvalue weighted by atomic mass is 10.1. The Morgan fingerprint density at radius 1 is 1.10 bits per heavy atom. The molecule has 0 aliphatic heterocycles. The topological polar surface area (TPSA) is 15.3 Å². The van der Waals surface area contributed by atoms with Gasteiger partial charge < -0.3 is 10.2 Å². The molecular formula is C17H30N2S. The molecule has 0 heterocycles. The number of nitrogens with one attached hydrogen (secondary N) is 1. The highest BCUT2D eigenvalue weighted by atomic mass is 32.2. The van der Waals surface area contributed by atoms with Crippen molar-refractivity contribution in [1.29, 1.82) is 0 Å². The van der Waals surface area contributed by atoms with Gasteiger partial charge in [-0.1, -0.05) is 45.0 Å². The molecule has 1 rings (SSSR count). The van der Waals surface area contributed by atoms with Crippen molar-refractivity contribution in [2.24, 2.45) is 0 Å². The van der Waals surface area contributed by atoms with Gasteiger partial charge in [0.2, 0.25) is 0 Å². The number of aryl methyl sites for hydroxylation is 1. The van der Waals surface area contributed by atoms with Crippen LogP contribution in [0.2, 0.25) is 0 Å². The van der Waals surface area contributed by atoms with Crippen LogP contribution in [-0.4, -0.2) is 43.1 Å². The van der Waals surface area contributed by atoms with Crippen LogP contribution in [0.3, 0.4) is 0 Å². The molecule has 0 saturated heterocycles. The van der Waals surface area contributed by atoms with Crippen LogP contribution in [0.5, 0.6) is 0 Å². The molecule has 0 radical (unpaired) electrons. The quantitative estimate of drug-likeness (QED) is 0.664. The lowest BCUT2D eigenvalue weighted by Crippen LogP contribution is -2.26. The number of benzene rings is 1. The van der Waals surface area contributed by atoms with E-state index in [0.717, 1.165) is 25.3 Å². The molecule has 1 aromatic rings. The molecule has 20 heavy (non-hydrogen) atoms. The second-order valence-corrected chi connectivity index (χ2v) is 6.19. The van der Waals surface area contributed by atoms with E-state index in [1.807, 2.05) is 11.8 Å². The zero-order valence-corrected chi connectivity index (χ0v) is 14.3. The Balaban J connectivity index is 2.38. The summed E-state index contributed by atoms with van der Waals surface area (Å²) in [6.07, 6.45) is 1.11. The summed E-state index contributed by atoms with van der Waals surface area (Å²) in [4.78, 5) is 2.48. The molecule has 0 saturated carbocycles. The average molecular weight is 295 g/mol. The predicted octanol–water partition coefficient (Wildman–Crippen LogP) is 3.58. The minimum absolute atomic E-state index is 0.461. The largest absolute Gasteiger partial charge is 0.312 e. The molecule has 1 aromatic carbocycles. The third-order valence-corrected chi connectivity index (χ3v) is 4.91. The van der Waals surface area contributed by atoms with E-state index in [1.165, 1.54) is 23.4 Å². The van der Waals surface area contributed by atoms with Crippen LogP contribution in [0.4, 0.5) is 0 Å². The molecule has 114 valence electrons.